The third-order valence-corrected chi connectivity index (χ3v) is 6.86. The summed E-state index contributed by atoms with van der Waals surface area (Å²) in [5.41, 5.74) is 5.08. The summed E-state index contributed by atoms with van der Waals surface area (Å²) in [7, 11) is 0. The van der Waals surface area contributed by atoms with E-state index in [2.05, 4.69) is 52.4 Å². The van der Waals surface area contributed by atoms with Crippen molar-refractivity contribution < 1.29 is 14.3 Å². The van der Waals surface area contributed by atoms with Crippen LogP contribution in [0.1, 0.15) is 6.92 Å². The standard InChI is InChI=1S/C33H23N3O3/c1-2-38-33-35-31(24-14-8-9-15-27(24)37)34-32(36-33)26-19-29-30(23-13-7-6-12-22(23)26)25-17-16-21(18-28(25)39-29)20-10-4-3-5-11-20/h3-19,37H,2H2,1H3. The van der Waals surface area contributed by atoms with Gasteiger partial charge in [-0.1, -0.05) is 72.8 Å². The van der Waals surface area contributed by atoms with Gasteiger partial charge in [0.25, 0.3) is 0 Å². The molecule has 1 N–H and O–H groups in total. The van der Waals surface area contributed by atoms with Crippen molar-refractivity contribution >= 4 is 32.7 Å². The van der Waals surface area contributed by atoms with E-state index in [9.17, 15) is 5.11 Å². The SMILES string of the molecule is CCOc1nc(-c2ccccc2O)nc(-c2cc3oc4cc(-c5ccccc5)ccc4c3c3ccccc23)n1. The number of hydrogen-bond donors (Lipinski definition) is 1. The fourth-order valence-corrected chi connectivity index (χ4v) is 5.09. The van der Waals surface area contributed by atoms with Crippen LogP contribution in [0.2, 0.25) is 0 Å². The lowest BCUT2D eigenvalue weighted by atomic mass is 9.97. The van der Waals surface area contributed by atoms with Gasteiger partial charge in [0.15, 0.2) is 11.6 Å². The third-order valence-electron chi connectivity index (χ3n) is 6.86. The first-order valence-corrected chi connectivity index (χ1v) is 12.8. The van der Waals surface area contributed by atoms with Gasteiger partial charge in [0.2, 0.25) is 0 Å². The average molecular weight is 510 g/mol. The molecule has 0 aliphatic heterocycles. The maximum atomic E-state index is 10.5. The first-order chi connectivity index (χ1) is 19.2. The van der Waals surface area contributed by atoms with Crippen LogP contribution in [0.3, 0.4) is 0 Å². The first-order valence-electron chi connectivity index (χ1n) is 12.8. The van der Waals surface area contributed by atoms with E-state index in [0.717, 1.165) is 49.4 Å². The number of phenols is 1. The number of ether oxygens (including phenoxy) is 1. The molecule has 0 fully saturated rings. The number of aromatic hydroxyl groups is 1. The highest BCUT2D eigenvalue weighted by Crippen LogP contribution is 2.41. The Morgan fingerprint density at radius 2 is 1.36 bits per heavy atom. The monoisotopic (exact) mass is 509 g/mol. The Hall–Kier alpha value is -5.23. The molecule has 6 heteroatoms. The Bertz CT molecular complexity index is 2000. The van der Waals surface area contributed by atoms with Crippen LogP contribution in [0.25, 0.3) is 66.6 Å². The number of hydrogen-bond acceptors (Lipinski definition) is 6. The molecule has 2 heterocycles. The van der Waals surface area contributed by atoms with Crippen molar-refractivity contribution in [2.24, 2.45) is 0 Å². The number of para-hydroxylation sites is 1. The zero-order valence-corrected chi connectivity index (χ0v) is 21.1. The minimum absolute atomic E-state index is 0.0870. The third kappa shape index (κ3) is 3.94. The lowest BCUT2D eigenvalue weighted by molar-refractivity contribution is 0.312. The van der Waals surface area contributed by atoms with Gasteiger partial charge in [-0.3, -0.25) is 0 Å². The summed E-state index contributed by atoms with van der Waals surface area (Å²) in [5.74, 6) is 0.863. The number of fused-ring (bicyclic) bond motifs is 5. The van der Waals surface area contributed by atoms with Crippen LogP contribution in [0.15, 0.2) is 108 Å². The molecule has 0 saturated heterocycles. The highest BCUT2D eigenvalue weighted by atomic mass is 16.5. The van der Waals surface area contributed by atoms with E-state index in [1.165, 1.54) is 0 Å². The Kier molecular flexibility index (Phi) is 5.44. The molecular formula is C33H23N3O3. The number of phenolic OH excluding ortho intramolecular Hbond substituents is 1. The zero-order valence-electron chi connectivity index (χ0n) is 21.1. The Morgan fingerprint density at radius 3 is 2.15 bits per heavy atom. The molecule has 6 nitrogen and oxygen atoms in total. The molecule has 0 aliphatic carbocycles. The van der Waals surface area contributed by atoms with E-state index < -0.39 is 0 Å². The number of aromatic nitrogens is 3. The molecule has 0 spiro atoms. The summed E-state index contributed by atoms with van der Waals surface area (Å²) in [6.45, 7) is 2.28. The van der Waals surface area contributed by atoms with Gasteiger partial charge in [0.1, 0.15) is 16.9 Å². The van der Waals surface area contributed by atoms with Crippen LogP contribution in [0, 0.1) is 0 Å². The minimum Gasteiger partial charge on any atom is -0.507 e. The van der Waals surface area contributed by atoms with Crippen molar-refractivity contribution in [2.75, 3.05) is 6.61 Å². The smallest absolute Gasteiger partial charge is 0.320 e. The van der Waals surface area contributed by atoms with Gasteiger partial charge < -0.3 is 14.3 Å². The van der Waals surface area contributed by atoms with Crippen LogP contribution in [-0.4, -0.2) is 26.7 Å². The van der Waals surface area contributed by atoms with Gasteiger partial charge in [-0.15, -0.1) is 0 Å². The van der Waals surface area contributed by atoms with E-state index >= 15 is 0 Å². The predicted molar refractivity (Wildman–Crippen MR) is 154 cm³/mol. The van der Waals surface area contributed by atoms with Gasteiger partial charge in [-0.2, -0.15) is 9.97 Å². The molecule has 0 atom stereocenters. The lowest BCUT2D eigenvalue weighted by Gasteiger charge is -2.11. The Balaban J connectivity index is 1.48. The first kappa shape index (κ1) is 22.9. The maximum Gasteiger partial charge on any atom is 0.320 e. The molecule has 0 amide bonds. The molecule has 0 bridgehead atoms. The summed E-state index contributed by atoms with van der Waals surface area (Å²) < 4.78 is 12.2. The summed E-state index contributed by atoms with van der Waals surface area (Å²) >= 11 is 0. The van der Waals surface area contributed by atoms with E-state index in [4.69, 9.17) is 14.1 Å². The number of nitrogens with zero attached hydrogens (tertiary/aromatic N) is 3. The van der Waals surface area contributed by atoms with E-state index in [-0.39, 0.29) is 11.8 Å². The molecule has 0 radical (unpaired) electrons. The van der Waals surface area contributed by atoms with Gasteiger partial charge >= 0.3 is 6.01 Å². The van der Waals surface area contributed by atoms with Crippen LogP contribution >= 0.6 is 0 Å². The molecule has 7 aromatic rings. The van der Waals surface area contributed by atoms with E-state index in [0.29, 0.717) is 23.8 Å². The van der Waals surface area contributed by atoms with Crippen molar-refractivity contribution in [2.45, 2.75) is 6.92 Å². The second-order valence-electron chi connectivity index (χ2n) is 9.24. The predicted octanol–water partition coefficient (Wildman–Crippen LogP) is 8.03. The number of rotatable bonds is 5. The van der Waals surface area contributed by atoms with Gasteiger partial charge in [-0.05, 0) is 59.2 Å². The summed E-state index contributed by atoms with van der Waals surface area (Å²) in [4.78, 5) is 13.9. The second-order valence-corrected chi connectivity index (χ2v) is 9.24. The Labute approximate surface area is 224 Å². The van der Waals surface area contributed by atoms with E-state index in [1.54, 1.807) is 18.2 Å². The van der Waals surface area contributed by atoms with Crippen molar-refractivity contribution in [1.82, 2.24) is 15.0 Å². The van der Waals surface area contributed by atoms with Crippen molar-refractivity contribution in [1.29, 1.82) is 0 Å². The van der Waals surface area contributed by atoms with Gasteiger partial charge in [-0.25, -0.2) is 4.98 Å². The highest BCUT2D eigenvalue weighted by Gasteiger charge is 2.19. The number of furan rings is 1. The molecule has 5 aromatic carbocycles. The van der Waals surface area contributed by atoms with Crippen molar-refractivity contribution in [3.05, 3.63) is 103 Å². The fraction of sp³-hybridized carbons (Fsp3) is 0.0606. The van der Waals surface area contributed by atoms with Crippen LogP contribution < -0.4 is 4.74 Å². The summed E-state index contributed by atoms with van der Waals surface area (Å²) in [6.07, 6.45) is 0. The molecule has 0 saturated carbocycles. The topological polar surface area (TPSA) is 81.3 Å². The lowest BCUT2D eigenvalue weighted by Crippen LogP contribution is -2.03. The number of benzene rings is 5. The molecule has 188 valence electrons. The maximum absolute atomic E-state index is 10.5. The zero-order chi connectivity index (χ0) is 26.3. The quantitative estimate of drug-likeness (QED) is 0.253. The van der Waals surface area contributed by atoms with Gasteiger partial charge in [0.05, 0.1) is 12.2 Å². The summed E-state index contributed by atoms with van der Waals surface area (Å²) in [5, 5.41) is 14.6. The normalized spacial score (nSPS) is 11.4. The fourth-order valence-electron chi connectivity index (χ4n) is 5.09. The summed E-state index contributed by atoms with van der Waals surface area (Å²) in [6, 6.07) is 34.0. The average Bonchev–Trinajstić information content (AvgIpc) is 3.35. The molecular weight excluding hydrogens is 486 g/mol. The van der Waals surface area contributed by atoms with Crippen LogP contribution in [-0.2, 0) is 0 Å². The van der Waals surface area contributed by atoms with E-state index in [1.807, 2.05) is 49.4 Å². The molecule has 2 aromatic heterocycles. The minimum atomic E-state index is 0.0870. The highest BCUT2D eigenvalue weighted by molar-refractivity contribution is 6.22. The largest absolute Gasteiger partial charge is 0.507 e. The second kappa shape index (κ2) is 9.26. The molecule has 39 heavy (non-hydrogen) atoms. The molecule has 7 rings (SSSR count). The van der Waals surface area contributed by atoms with Crippen LogP contribution in [0.5, 0.6) is 11.8 Å². The van der Waals surface area contributed by atoms with Crippen molar-refractivity contribution in [3.8, 4) is 45.7 Å². The van der Waals surface area contributed by atoms with Gasteiger partial charge in [0, 0.05) is 16.3 Å². The molecule has 0 aliphatic rings. The molecule has 0 unspecified atom stereocenters. The van der Waals surface area contributed by atoms with Crippen molar-refractivity contribution in [3.63, 3.8) is 0 Å². The Morgan fingerprint density at radius 1 is 0.641 bits per heavy atom. The van der Waals surface area contributed by atoms with Crippen LogP contribution in [0.4, 0.5) is 0 Å².